The van der Waals surface area contributed by atoms with Crippen molar-refractivity contribution < 1.29 is 19.2 Å². The Bertz CT molecular complexity index is 821. The van der Waals surface area contributed by atoms with Crippen LogP contribution in [-0.2, 0) is 16.2 Å². The Morgan fingerprint density at radius 3 is 2.71 bits per heavy atom. The van der Waals surface area contributed by atoms with Crippen molar-refractivity contribution in [3.05, 3.63) is 59.4 Å². The van der Waals surface area contributed by atoms with E-state index in [9.17, 15) is 9.59 Å². The van der Waals surface area contributed by atoms with Gasteiger partial charge in [-0.1, -0.05) is 41.9 Å². The molecular formula is C19H21ClN4O4. The van der Waals surface area contributed by atoms with Crippen molar-refractivity contribution >= 4 is 29.5 Å². The second kappa shape index (κ2) is 9.38. The summed E-state index contributed by atoms with van der Waals surface area (Å²) in [5.74, 6) is 0. The summed E-state index contributed by atoms with van der Waals surface area (Å²) in [6, 6.07) is 11.8. The summed E-state index contributed by atoms with van der Waals surface area (Å²) in [6.07, 6.45) is 2.26. The molecule has 8 nitrogen and oxygen atoms in total. The fourth-order valence-corrected chi connectivity index (χ4v) is 3.28. The number of ether oxygens (including phenoxy) is 1. The van der Waals surface area contributed by atoms with Crippen LogP contribution in [0.4, 0.5) is 15.3 Å². The number of hydrogen-bond donors (Lipinski definition) is 1. The molecule has 2 N–H and O–H groups in total. The normalized spacial score (nSPS) is 17.0. The highest BCUT2D eigenvalue weighted by atomic mass is 35.5. The van der Waals surface area contributed by atoms with E-state index in [1.54, 1.807) is 12.1 Å². The standard InChI is InChI=1S/C19H21ClN4O4/c20-17-15(9-6-11-22-17)24(18(21)25)16-10-4-5-12-23(16)28-19(26)27-13-14-7-2-1-3-8-14/h1-3,6-9,11,16H,4-5,10,12-13H2,(H2,21,25). The first-order chi connectivity index (χ1) is 13.6. The van der Waals surface area contributed by atoms with E-state index in [0.717, 1.165) is 18.4 Å². The molecule has 1 aromatic carbocycles. The lowest BCUT2D eigenvalue weighted by molar-refractivity contribution is -0.165. The third kappa shape index (κ3) is 4.90. The smallest absolute Gasteiger partial charge is 0.428 e. The number of piperidine rings is 1. The van der Waals surface area contributed by atoms with E-state index < -0.39 is 18.4 Å². The number of nitrogens with two attached hydrogens (primary N) is 1. The molecule has 0 saturated carbocycles. The molecular weight excluding hydrogens is 384 g/mol. The van der Waals surface area contributed by atoms with Crippen LogP contribution in [-0.4, -0.2) is 34.9 Å². The van der Waals surface area contributed by atoms with Gasteiger partial charge in [0.05, 0.1) is 5.69 Å². The molecule has 1 aromatic heterocycles. The fraction of sp³-hybridized carbons (Fsp3) is 0.316. The molecule has 1 saturated heterocycles. The monoisotopic (exact) mass is 404 g/mol. The van der Waals surface area contributed by atoms with Gasteiger partial charge in [-0.05, 0) is 37.0 Å². The molecule has 1 atom stereocenters. The van der Waals surface area contributed by atoms with Crippen molar-refractivity contribution in [3.8, 4) is 0 Å². The molecule has 3 rings (SSSR count). The first-order valence-electron chi connectivity index (χ1n) is 8.90. The van der Waals surface area contributed by atoms with E-state index in [1.807, 2.05) is 30.3 Å². The summed E-state index contributed by atoms with van der Waals surface area (Å²) in [4.78, 5) is 35.0. The van der Waals surface area contributed by atoms with Crippen LogP contribution in [0, 0.1) is 0 Å². The van der Waals surface area contributed by atoms with Crippen molar-refractivity contribution in [1.29, 1.82) is 0 Å². The molecule has 2 aromatic rings. The number of rotatable bonds is 5. The second-order valence-corrected chi connectivity index (χ2v) is 6.61. The van der Waals surface area contributed by atoms with E-state index in [4.69, 9.17) is 26.9 Å². The number of urea groups is 1. The maximum atomic E-state index is 12.2. The highest BCUT2D eigenvalue weighted by molar-refractivity contribution is 6.32. The molecule has 2 heterocycles. The van der Waals surface area contributed by atoms with Gasteiger partial charge in [0.15, 0.2) is 5.15 Å². The highest BCUT2D eigenvalue weighted by Gasteiger charge is 2.35. The zero-order valence-electron chi connectivity index (χ0n) is 15.2. The zero-order valence-corrected chi connectivity index (χ0v) is 15.9. The molecule has 2 amide bonds. The predicted molar refractivity (Wildman–Crippen MR) is 103 cm³/mol. The zero-order chi connectivity index (χ0) is 19.9. The molecule has 28 heavy (non-hydrogen) atoms. The third-order valence-corrected chi connectivity index (χ3v) is 4.64. The van der Waals surface area contributed by atoms with Gasteiger partial charge >= 0.3 is 12.2 Å². The number of amides is 2. The lowest BCUT2D eigenvalue weighted by atomic mass is 10.1. The number of anilines is 1. The topological polar surface area (TPSA) is 98.0 Å². The highest BCUT2D eigenvalue weighted by Crippen LogP contribution is 2.30. The predicted octanol–water partition coefficient (Wildman–Crippen LogP) is 3.70. The lowest BCUT2D eigenvalue weighted by Crippen LogP contribution is -2.55. The number of aromatic nitrogens is 1. The van der Waals surface area contributed by atoms with E-state index in [2.05, 4.69) is 4.98 Å². The van der Waals surface area contributed by atoms with Crippen LogP contribution in [0.3, 0.4) is 0 Å². The average molecular weight is 405 g/mol. The summed E-state index contributed by atoms with van der Waals surface area (Å²) in [6.45, 7) is 0.527. The van der Waals surface area contributed by atoms with Crippen molar-refractivity contribution in [2.75, 3.05) is 11.4 Å². The molecule has 1 aliphatic rings. The Morgan fingerprint density at radius 2 is 2.00 bits per heavy atom. The SMILES string of the molecule is NC(=O)N(c1cccnc1Cl)C1CCCCN1OC(=O)OCc1ccccc1. The molecule has 1 aliphatic heterocycles. The number of nitrogens with zero attached hydrogens (tertiary/aromatic N) is 3. The van der Waals surface area contributed by atoms with Crippen molar-refractivity contribution in [3.63, 3.8) is 0 Å². The molecule has 1 unspecified atom stereocenters. The van der Waals surface area contributed by atoms with Crippen LogP contribution in [0.25, 0.3) is 0 Å². The number of carbonyl (C=O) groups excluding carboxylic acids is 2. The van der Waals surface area contributed by atoms with Gasteiger partial charge < -0.3 is 15.3 Å². The summed E-state index contributed by atoms with van der Waals surface area (Å²) in [5, 5.41) is 1.55. The Labute approximate surface area is 167 Å². The van der Waals surface area contributed by atoms with Crippen molar-refractivity contribution in [2.24, 2.45) is 5.73 Å². The number of primary amides is 1. The third-order valence-electron chi connectivity index (χ3n) is 4.35. The first kappa shape index (κ1) is 19.9. The lowest BCUT2D eigenvalue weighted by Gasteiger charge is -2.39. The van der Waals surface area contributed by atoms with E-state index in [1.165, 1.54) is 16.2 Å². The number of carbonyl (C=O) groups is 2. The molecule has 0 radical (unpaired) electrons. The Morgan fingerprint density at radius 1 is 1.21 bits per heavy atom. The van der Waals surface area contributed by atoms with E-state index >= 15 is 0 Å². The Hall–Kier alpha value is -2.84. The van der Waals surface area contributed by atoms with Gasteiger partial charge in [-0.3, -0.25) is 4.90 Å². The quantitative estimate of drug-likeness (QED) is 0.602. The summed E-state index contributed by atoms with van der Waals surface area (Å²) in [5.41, 5.74) is 6.80. The van der Waals surface area contributed by atoms with Gasteiger partial charge in [-0.25, -0.2) is 14.6 Å². The van der Waals surface area contributed by atoms with Gasteiger partial charge in [-0.2, -0.15) is 0 Å². The van der Waals surface area contributed by atoms with Gasteiger partial charge in [0.1, 0.15) is 12.8 Å². The molecule has 0 spiro atoms. The van der Waals surface area contributed by atoms with Crippen LogP contribution in [0.1, 0.15) is 24.8 Å². The van der Waals surface area contributed by atoms with Crippen molar-refractivity contribution in [1.82, 2.24) is 10.0 Å². The maximum absolute atomic E-state index is 12.2. The van der Waals surface area contributed by atoms with Gasteiger partial charge in [-0.15, -0.1) is 5.06 Å². The largest absolute Gasteiger partial charge is 0.528 e. The first-order valence-corrected chi connectivity index (χ1v) is 9.28. The molecule has 1 fully saturated rings. The molecule has 148 valence electrons. The van der Waals surface area contributed by atoms with E-state index in [-0.39, 0.29) is 11.8 Å². The van der Waals surface area contributed by atoms with Crippen molar-refractivity contribution in [2.45, 2.75) is 32.0 Å². The molecule has 0 bridgehead atoms. The average Bonchev–Trinajstić information content (AvgIpc) is 2.70. The molecule has 9 heteroatoms. The van der Waals surface area contributed by atoms with Crippen LogP contribution >= 0.6 is 11.6 Å². The van der Waals surface area contributed by atoms with Crippen LogP contribution < -0.4 is 10.6 Å². The summed E-state index contributed by atoms with van der Waals surface area (Å²) >= 11 is 6.14. The minimum Gasteiger partial charge on any atom is -0.428 e. The van der Waals surface area contributed by atoms with Crippen LogP contribution in [0.15, 0.2) is 48.7 Å². The van der Waals surface area contributed by atoms with Gasteiger partial charge in [0.2, 0.25) is 0 Å². The van der Waals surface area contributed by atoms with Gasteiger partial charge in [0, 0.05) is 12.7 Å². The van der Waals surface area contributed by atoms with Gasteiger partial charge in [0.25, 0.3) is 0 Å². The maximum Gasteiger partial charge on any atom is 0.528 e. The fourth-order valence-electron chi connectivity index (χ4n) is 3.07. The van der Waals surface area contributed by atoms with Crippen LogP contribution in [0.2, 0.25) is 5.15 Å². The Balaban J connectivity index is 1.71. The summed E-state index contributed by atoms with van der Waals surface area (Å²) in [7, 11) is 0. The minimum atomic E-state index is -0.850. The number of hydroxylamine groups is 2. The number of hydrogen-bond acceptors (Lipinski definition) is 6. The Kier molecular flexibility index (Phi) is 6.67. The van der Waals surface area contributed by atoms with E-state index in [0.29, 0.717) is 18.7 Å². The number of pyridine rings is 1. The number of benzene rings is 1. The second-order valence-electron chi connectivity index (χ2n) is 6.25. The summed E-state index contributed by atoms with van der Waals surface area (Å²) < 4.78 is 5.17. The number of halogens is 1. The molecule has 0 aliphatic carbocycles. The van der Waals surface area contributed by atoms with Crippen LogP contribution in [0.5, 0.6) is 0 Å². The minimum absolute atomic E-state index is 0.0894.